The van der Waals surface area contributed by atoms with Gasteiger partial charge in [-0.15, -0.1) is 0 Å². The maximum absolute atomic E-state index is 12.3. The minimum Gasteiger partial charge on any atom is -0.330 e. The van der Waals surface area contributed by atoms with E-state index < -0.39 is 20.9 Å². The number of hydrogen-bond donors (Lipinski definition) is 0. The molecule has 0 spiro atoms. The van der Waals surface area contributed by atoms with Crippen LogP contribution >= 0.6 is 15.9 Å². The van der Waals surface area contributed by atoms with Crippen molar-refractivity contribution >= 4 is 31.8 Å². The number of nitro groups is 1. The van der Waals surface area contributed by atoms with Gasteiger partial charge in [-0.05, 0) is 35.0 Å². The van der Waals surface area contributed by atoms with E-state index in [2.05, 4.69) is 21.1 Å². The predicted molar refractivity (Wildman–Crippen MR) is 72.0 cm³/mol. The van der Waals surface area contributed by atoms with Gasteiger partial charge >= 0.3 is 15.9 Å². The van der Waals surface area contributed by atoms with Gasteiger partial charge in [0.1, 0.15) is 4.47 Å². The molecule has 0 saturated carbocycles. The van der Waals surface area contributed by atoms with Gasteiger partial charge in [-0.1, -0.05) is 23.4 Å². The van der Waals surface area contributed by atoms with Gasteiger partial charge in [-0.2, -0.15) is 8.42 Å². The van der Waals surface area contributed by atoms with Crippen molar-refractivity contribution in [2.75, 3.05) is 4.41 Å². The van der Waals surface area contributed by atoms with Crippen molar-refractivity contribution < 1.29 is 18.0 Å². The summed E-state index contributed by atoms with van der Waals surface area (Å²) in [5.41, 5.74) is 0.301. The average molecular weight is 362 g/mol. The second-order valence-corrected chi connectivity index (χ2v) is 6.25. The predicted octanol–water partition coefficient (Wildman–Crippen LogP) is 2.13. The minimum absolute atomic E-state index is 0.0492. The van der Waals surface area contributed by atoms with Crippen LogP contribution in [0.15, 0.2) is 44.2 Å². The molecule has 20 heavy (non-hydrogen) atoms. The maximum Gasteiger partial charge on any atom is 0.321 e. The lowest BCUT2D eigenvalue weighted by molar-refractivity contribution is -0.476. The lowest BCUT2D eigenvalue weighted by Gasteiger charge is -2.11. The Morgan fingerprint density at radius 1 is 1.35 bits per heavy atom. The Balaban J connectivity index is 2.61. The summed E-state index contributed by atoms with van der Waals surface area (Å²) in [6.07, 6.45) is 0. The Hall–Kier alpha value is -1.94. The van der Waals surface area contributed by atoms with Crippen LogP contribution in [0.2, 0.25) is 0 Å². The van der Waals surface area contributed by atoms with Crippen molar-refractivity contribution in [3.63, 3.8) is 0 Å². The highest BCUT2D eigenvalue weighted by Gasteiger charge is 2.40. The molecule has 10 heteroatoms. The highest BCUT2D eigenvalue weighted by Crippen LogP contribution is 2.32. The molecule has 0 saturated heterocycles. The molecule has 1 aromatic heterocycles. The van der Waals surface area contributed by atoms with Crippen LogP contribution in [0.5, 0.6) is 0 Å². The van der Waals surface area contributed by atoms with Gasteiger partial charge in [0, 0.05) is 0 Å². The van der Waals surface area contributed by atoms with Crippen molar-refractivity contribution in [2.24, 2.45) is 0 Å². The number of benzene rings is 1. The monoisotopic (exact) mass is 361 g/mol. The number of sulfonamides is 1. The maximum atomic E-state index is 12.3. The van der Waals surface area contributed by atoms with Gasteiger partial charge < -0.3 is 4.52 Å². The molecule has 8 nitrogen and oxygen atoms in total. The van der Waals surface area contributed by atoms with E-state index in [1.165, 1.54) is 31.2 Å². The number of aryl methyl sites for hydroxylation is 1. The molecule has 0 aliphatic heterocycles. The van der Waals surface area contributed by atoms with E-state index >= 15 is 0 Å². The van der Waals surface area contributed by atoms with Crippen molar-refractivity contribution in [1.82, 2.24) is 5.16 Å². The van der Waals surface area contributed by atoms with Gasteiger partial charge in [0.05, 0.1) is 15.0 Å². The van der Waals surface area contributed by atoms with E-state index in [1.54, 1.807) is 6.07 Å². The Morgan fingerprint density at radius 3 is 2.40 bits per heavy atom. The third-order valence-electron chi connectivity index (χ3n) is 2.37. The van der Waals surface area contributed by atoms with Gasteiger partial charge in [0.25, 0.3) is 0 Å². The summed E-state index contributed by atoms with van der Waals surface area (Å²) in [7, 11) is -4.39. The van der Waals surface area contributed by atoms with Crippen LogP contribution in [-0.2, 0) is 10.0 Å². The standard InChI is InChI=1S/C10H8BrN3O5S/c1-7-9(11)10(19-12-7)13(14(15)16)20(17,18)8-5-3-2-4-6-8/h2-6H,1H3. The smallest absolute Gasteiger partial charge is 0.321 e. The first-order valence-corrected chi connectivity index (χ1v) is 7.45. The van der Waals surface area contributed by atoms with Gasteiger partial charge in [0.15, 0.2) is 5.03 Å². The van der Waals surface area contributed by atoms with E-state index in [0.717, 1.165) is 0 Å². The average Bonchev–Trinajstić information content (AvgIpc) is 2.72. The van der Waals surface area contributed by atoms with Crippen molar-refractivity contribution in [2.45, 2.75) is 11.8 Å². The highest BCUT2D eigenvalue weighted by molar-refractivity contribution is 9.10. The topological polar surface area (TPSA) is 107 Å². The zero-order valence-corrected chi connectivity index (χ0v) is 12.5. The largest absolute Gasteiger partial charge is 0.330 e. The summed E-state index contributed by atoms with van der Waals surface area (Å²) >= 11 is 3.02. The summed E-state index contributed by atoms with van der Waals surface area (Å²) in [4.78, 5) is 10.9. The molecule has 0 amide bonds. The van der Waals surface area contributed by atoms with Crippen LogP contribution in [0.3, 0.4) is 0 Å². The SMILES string of the molecule is Cc1noc(N([N+](=O)[O-])S(=O)(=O)c2ccccc2)c1Br. The Kier molecular flexibility index (Phi) is 3.77. The van der Waals surface area contributed by atoms with Crippen molar-refractivity contribution in [3.05, 3.63) is 50.6 Å². The Labute approximate surface area is 122 Å². The lowest BCUT2D eigenvalue weighted by Crippen LogP contribution is -2.36. The molecule has 0 aliphatic rings. The number of nitrogens with zero attached hydrogens (tertiary/aromatic N) is 3. The van der Waals surface area contributed by atoms with Crippen LogP contribution in [0.1, 0.15) is 5.69 Å². The molecule has 0 radical (unpaired) electrons. The van der Waals surface area contributed by atoms with Crippen LogP contribution in [0, 0.1) is 17.0 Å². The van der Waals surface area contributed by atoms with Gasteiger partial charge in [-0.25, -0.2) is 10.1 Å². The van der Waals surface area contributed by atoms with Crippen LogP contribution in [-0.4, -0.2) is 18.6 Å². The van der Waals surface area contributed by atoms with E-state index in [1.807, 2.05) is 0 Å². The summed E-state index contributed by atoms with van der Waals surface area (Å²) in [6, 6.07) is 7.04. The van der Waals surface area contributed by atoms with Crippen LogP contribution in [0.4, 0.5) is 5.88 Å². The minimum atomic E-state index is -4.39. The third-order valence-corrected chi connectivity index (χ3v) is 4.90. The molecular formula is C10H8BrN3O5S. The number of hydrazine groups is 1. The molecule has 0 unspecified atom stereocenters. The van der Waals surface area contributed by atoms with Crippen molar-refractivity contribution in [1.29, 1.82) is 0 Å². The summed E-state index contributed by atoms with van der Waals surface area (Å²) < 4.78 is 29.4. The second kappa shape index (κ2) is 5.21. The summed E-state index contributed by atoms with van der Waals surface area (Å²) in [5.74, 6) is -0.503. The zero-order valence-electron chi connectivity index (χ0n) is 10.1. The number of anilines is 1. The van der Waals surface area contributed by atoms with E-state index in [-0.39, 0.29) is 13.8 Å². The van der Waals surface area contributed by atoms with Crippen LogP contribution < -0.4 is 4.41 Å². The molecule has 1 heterocycles. The fraction of sp³-hybridized carbons (Fsp3) is 0.100. The normalized spacial score (nSPS) is 11.3. The summed E-state index contributed by atoms with van der Waals surface area (Å²) in [6.45, 7) is 1.52. The fourth-order valence-electron chi connectivity index (χ4n) is 1.43. The third kappa shape index (κ3) is 2.39. The first kappa shape index (κ1) is 14.5. The molecule has 0 bridgehead atoms. The summed E-state index contributed by atoms with van der Waals surface area (Å²) in [5, 5.41) is 13.5. The molecule has 2 rings (SSSR count). The highest BCUT2D eigenvalue weighted by atomic mass is 79.9. The molecule has 0 atom stereocenters. The molecule has 0 N–H and O–H groups in total. The molecule has 0 fully saturated rings. The Bertz CT molecular complexity index is 744. The van der Waals surface area contributed by atoms with E-state index in [0.29, 0.717) is 5.69 Å². The molecule has 1 aromatic carbocycles. The fourth-order valence-corrected chi connectivity index (χ4v) is 3.08. The quantitative estimate of drug-likeness (QED) is 0.609. The van der Waals surface area contributed by atoms with Gasteiger partial charge in [-0.3, -0.25) is 0 Å². The zero-order chi connectivity index (χ0) is 14.9. The molecule has 2 aromatic rings. The van der Waals surface area contributed by atoms with Gasteiger partial charge in [0.2, 0.25) is 0 Å². The molecular weight excluding hydrogens is 354 g/mol. The number of halogens is 1. The van der Waals surface area contributed by atoms with Crippen LogP contribution in [0.25, 0.3) is 0 Å². The number of aromatic nitrogens is 1. The van der Waals surface area contributed by atoms with E-state index in [9.17, 15) is 18.5 Å². The first-order chi connectivity index (χ1) is 9.35. The van der Waals surface area contributed by atoms with E-state index in [4.69, 9.17) is 4.52 Å². The Morgan fingerprint density at radius 2 is 1.95 bits per heavy atom. The lowest BCUT2D eigenvalue weighted by atomic mass is 10.4. The molecule has 106 valence electrons. The number of rotatable bonds is 4. The van der Waals surface area contributed by atoms with Crippen molar-refractivity contribution in [3.8, 4) is 0 Å². The molecule has 0 aliphatic carbocycles. The first-order valence-electron chi connectivity index (χ1n) is 5.22. The second-order valence-electron chi connectivity index (χ2n) is 3.69. The number of hydrogen-bond acceptors (Lipinski definition) is 6.